The van der Waals surface area contributed by atoms with Crippen LogP contribution in [0.15, 0.2) is 231 Å². The van der Waals surface area contributed by atoms with Crippen molar-refractivity contribution in [1.82, 2.24) is 0 Å². The number of anilines is 5. The Hall–Kier alpha value is -7.68. The van der Waals surface area contributed by atoms with Crippen molar-refractivity contribution in [2.24, 2.45) is 0 Å². The highest BCUT2D eigenvalue weighted by Crippen LogP contribution is 2.40. The molecule has 0 N–H and O–H groups in total. The molecule has 10 aromatic rings. The first-order valence-corrected chi connectivity index (χ1v) is 20.8. The van der Waals surface area contributed by atoms with Gasteiger partial charge < -0.3 is 9.80 Å². The van der Waals surface area contributed by atoms with E-state index in [-0.39, 0.29) is 6.04 Å². The summed E-state index contributed by atoms with van der Waals surface area (Å²) in [4.78, 5) is 4.86. The highest BCUT2D eigenvalue weighted by Gasteiger charge is 2.23. The third kappa shape index (κ3) is 6.78. The first-order valence-electron chi connectivity index (χ1n) is 20.8. The van der Waals surface area contributed by atoms with E-state index < -0.39 is 0 Å². The highest BCUT2D eigenvalue weighted by atomic mass is 15.2. The van der Waals surface area contributed by atoms with Gasteiger partial charge in [0.15, 0.2) is 0 Å². The lowest BCUT2D eigenvalue weighted by molar-refractivity contribution is 0.767. The molecule has 2 heteroatoms. The molecule has 1 atom stereocenters. The summed E-state index contributed by atoms with van der Waals surface area (Å²) in [6, 6.07) is 82.1. The maximum atomic E-state index is 2.50. The molecule has 0 amide bonds. The van der Waals surface area contributed by atoms with Crippen molar-refractivity contribution < 1.29 is 0 Å². The molecular weight excluding hydrogens is 725 g/mol. The maximum Gasteiger partial charge on any atom is 0.0566 e. The van der Waals surface area contributed by atoms with Gasteiger partial charge in [-0.3, -0.25) is 0 Å². The Morgan fingerprint density at radius 3 is 1.22 bits per heavy atom. The van der Waals surface area contributed by atoms with Crippen LogP contribution in [-0.2, 0) is 6.42 Å². The van der Waals surface area contributed by atoms with Crippen molar-refractivity contribution in [3.8, 4) is 22.3 Å². The number of nitrogens with zero attached hydrogens (tertiary/aromatic N) is 2. The Labute approximate surface area is 351 Å². The average Bonchev–Trinajstić information content (AvgIpc) is 3.32. The molecule has 0 bridgehead atoms. The number of fused-ring (bicyclic) bond motifs is 4. The minimum absolute atomic E-state index is 0.199. The predicted octanol–water partition coefficient (Wildman–Crippen LogP) is 15.7. The largest absolute Gasteiger partial charge is 0.334 e. The summed E-state index contributed by atoms with van der Waals surface area (Å²) < 4.78 is 0. The molecule has 284 valence electrons. The smallest absolute Gasteiger partial charge is 0.0566 e. The lowest BCUT2D eigenvalue weighted by Gasteiger charge is -2.34. The van der Waals surface area contributed by atoms with E-state index in [2.05, 4.69) is 246 Å². The molecule has 10 aromatic carbocycles. The van der Waals surface area contributed by atoms with Crippen molar-refractivity contribution in [3.05, 3.63) is 242 Å². The van der Waals surface area contributed by atoms with Crippen LogP contribution in [0.3, 0.4) is 0 Å². The van der Waals surface area contributed by atoms with Gasteiger partial charge in [0.2, 0.25) is 0 Å². The van der Waals surface area contributed by atoms with Crippen LogP contribution in [-0.4, -0.2) is 6.04 Å². The van der Waals surface area contributed by atoms with Gasteiger partial charge in [-0.15, -0.1) is 0 Å². The van der Waals surface area contributed by atoms with Crippen molar-refractivity contribution in [2.45, 2.75) is 12.5 Å². The van der Waals surface area contributed by atoms with Crippen LogP contribution in [0, 0.1) is 0 Å². The minimum Gasteiger partial charge on any atom is -0.334 e. The van der Waals surface area contributed by atoms with Crippen LogP contribution in [0.5, 0.6) is 0 Å². The summed E-state index contributed by atoms with van der Waals surface area (Å²) in [6.07, 6.45) is 5.60. The van der Waals surface area contributed by atoms with Gasteiger partial charge >= 0.3 is 0 Å². The van der Waals surface area contributed by atoms with Gasteiger partial charge in [-0.2, -0.15) is 0 Å². The van der Waals surface area contributed by atoms with Gasteiger partial charge in [-0.25, -0.2) is 0 Å². The van der Waals surface area contributed by atoms with Crippen LogP contribution in [0.4, 0.5) is 28.4 Å². The summed E-state index contributed by atoms with van der Waals surface area (Å²) in [6.45, 7) is 0. The molecular formula is C58H42N2. The number of hydrogen-bond acceptors (Lipinski definition) is 2. The second kappa shape index (κ2) is 15.2. The molecule has 1 aliphatic carbocycles. The van der Waals surface area contributed by atoms with E-state index in [1.54, 1.807) is 0 Å². The lowest BCUT2D eigenvalue weighted by Crippen LogP contribution is -2.32. The fraction of sp³-hybridized carbons (Fsp3) is 0.0345. The SMILES string of the molecule is C1=CC(N(c2ccc(-c3ccc(-c4ccc(N(c5ccc6ccccc6c5)c5ccc6ccccc6c5)cc4)cc3)cc2)c2ccc3ccccc3c2)Cc2ccccc21. The Bertz CT molecular complexity index is 3100. The molecule has 0 fully saturated rings. The molecule has 0 radical (unpaired) electrons. The van der Waals surface area contributed by atoms with Gasteiger partial charge in [-0.05, 0) is 133 Å². The predicted molar refractivity (Wildman–Crippen MR) is 256 cm³/mol. The Kier molecular flexibility index (Phi) is 9.02. The topological polar surface area (TPSA) is 6.48 Å². The normalized spacial score (nSPS) is 13.4. The van der Waals surface area contributed by atoms with E-state index >= 15 is 0 Å². The van der Waals surface area contributed by atoms with Gasteiger partial charge in [0.05, 0.1) is 6.04 Å². The monoisotopic (exact) mass is 766 g/mol. The van der Waals surface area contributed by atoms with Gasteiger partial charge in [0.1, 0.15) is 0 Å². The molecule has 60 heavy (non-hydrogen) atoms. The zero-order valence-electron chi connectivity index (χ0n) is 33.2. The highest BCUT2D eigenvalue weighted by molar-refractivity contribution is 5.93. The fourth-order valence-electron chi connectivity index (χ4n) is 8.98. The maximum absolute atomic E-state index is 2.50. The van der Waals surface area contributed by atoms with E-state index in [9.17, 15) is 0 Å². The standard InChI is InChI=1S/C58H42N2/c1-5-13-49-37-55(33-25-41(49)9-1)59(56-34-26-42-10-2-6-14-50(42)38-56)53-29-21-47(22-30-53)45-17-19-46(20-18-45)48-23-31-54(32-24-48)60(57-35-27-43-11-3-7-15-51(43)39-57)58-36-28-44-12-4-8-16-52(44)40-58/h1-39,58H,40H2. The molecule has 0 spiro atoms. The van der Waals surface area contributed by atoms with E-state index in [0.717, 1.165) is 23.5 Å². The molecule has 0 aromatic heterocycles. The summed E-state index contributed by atoms with van der Waals surface area (Å²) in [5.74, 6) is 0. The number of benzene rings is 10. The fourth-order valence-corrected chi connectivity index (χ4v) is 8.98. The van der Waals surface area contributed by atoms with Crippen LogP contribution in [0.1, 0.15) is 11.1 Å². The third-order valence-electron chi connectivity index (χ3n) is 12.1. The second-order valence-corrected chi connectivity index (χ2v) is 15.8. The quantitative estimate of drug-likeness (QED) is 0.152. The number of hydrogen-bond donors (Lipinski definition) is 0. The average molecular weight is 767 g/mol. The van der Waals surface area contributed by atoms with Gasteiger partial charge in [-0.1, -0.05) is 176 Å². The molecule has 0 saturated heterocycles. The second-order valence-electron chi connectivity index (χ2n) is 15.8. The zero-order chi connectivity index (χ0) is 39.8. The summed E-state index contributed by atoms with van der Waals surface area (Å²) >= 11 is 0. The lowest BCUT2D eigenvalue weighted by atomic mass is 9.92. The van der Waals surface area contributed by atoms with Crippen LogP contribution < -0.4 is 9.80 Å². The van der Waals surface area contributed by atoms with Crippen molar-refractivity contribution >= 4 is 66.8 Å². The Morgan fingerprint density at radius 1 is 0.317 bits per heavy atom. The summed E-state index contributed by atoms with van der Waals surface area (Å²) in [5.41, 5.74) is 13.2. The first kappa shape index (κ1) is 35.5. The van der Waals surface area contributed by atoms with E-state index in [4.69, 9.17) is 0 Å². The van der Waals surface area contributed by atoms with Gasteiger partial charge in [0, 0.05) is 28.4 Å². The van der Waals surface area contributed by atoms with Crippen LogP contribution in [0.25, 0.3) is 60.6 Å². The van der Waals surface area contributed by atoms with E-state index in [1.807, 2.05) is 0 Å². The first-order chi connectivity index (χ1) is 29.7. The number of rotatable bonds is 8. The van der Waals surface area contributed by atoms with E-state index in [1.165, 1.54) is 77.1 Å². The van der Waals surface area contributed by atoms with Crippen LogP contribution >= 0.6 is 0 Å². The molecule has 0 saturated carbocycles. The summed E-state index contributed by atoms with van der Waals surface area (Å²) in [5, 5.41) is 7.42. The third-order valence-corrected chi connectivity index (χ3v) is 12.1. The summed E-state index contributed by atoms with van der Waals surface area (Å²) in [7, 11) is 0. The Balaban J connectivity index is 0.877. The van der Waals surface area contributed by atoms with Crippen molar-refractivity contribution in [1.29, 1.82) is 0 Å². The van der Waals surface area contributed by atoms with Crippen LogP contribution in [0.2, 0.25) is 0 Å². The molecule has 0 heterocycles. The molecule has 1 unspecified atom stereocenters. The van der Waals surface area contributed by atoms with Gasteiger partial charge in [0.25, 0.3) is 0 Å². The molecule has 11 rings (SSSR count). The minimum atomic E-state index is 0.199. The van der Waals surface area contributed by atoms with E-state index in [0.29, 0.717) is 0 Å². The van der Waals surface area contributed by atoms with Crippen molar-refractivity contribution in [3.63, 3.8) is 0 Å². The molecule has 0 aliphatic heterocycles. The molecule has 2 nitrogen and oxygen atoms in total. The zero-order valence-corrected chi connectivity index (χ0v) is 33.2. The molecule has 1 aliphatic rings. The Morgan fingerprint density at radius 2 is 0.700 bits per heavy atom. The van der Waals surface area contributed by atoms with Crippen molar-refractivity contribution in [2.75, 3.05) is 9.80 Å².